The highest BCUT2D eigenvalue weighted by atomic mass is 15.0. The minimum atomic E-state index is -0.708. The van der Waals surface area contributed by atoms with Crippen LogP contribution in [0.15, 0.2) is 53.8 Å². The predicted octanol–water partition coefficient (Wildman–Crippen LogP) is 2.95. The second-order valence-corrected chi connectivity index (χ2v) is 6.31. The predicted molar refractivity (Wildman–Crippen MR) is 120 cm³/mol. The fourth-order valence-corrected chi connectivity index (χ4v) is 2.91. The van der Waals surface area contributed by atoms with Crippen LogP contribution >= 0.6 is 0 Å². The van der Waals surface area contributed by atoms with E-state index in [2.05, 4.69) is 39.6 Å². The van der Waals surface area contributed by atoms with Gasteiger partial charge in [0.2, 0.25) is 17.3 Å². The molecule has 0 unspecified atom stereocenters. The summed E-state index contributed by atoms with van der Waals surface area (Å²) >= 11 is 0. The summed E-state index contributed by atoms with van der Waals surface area (Å²) in [5.41, 5.74) is -3.70. The first kappa shape index (κ1) is 16.1. The van der Waals surface area contributed by atoms with Crippen molar-refractivity contribution < 1.29 is 8.22 Å². The maximum absolute atomic E-state index is 10.1. The van der Waals surface area contributed by atoms with Crippen LogP contribution in [0, 0.1) is 58.5 Å². The Balaban J connectivity index is 2.24. The Labute approximate surface area is 211 Å². The normalized spacial score (nSPS) is 17.8. The van der Waals surface area contributed by atoms with Crippen molar-refractivity contribution in [3.8, 4) is 24.3 Å². The Morgan fingerprint density at radius 1 is 0.667 bits per heavy atom. The van der Waals surface area contributed by atoms with Gasteiger partial charge in [0.1, 0.15) is 27.0 Å². The van der Waals surface area contributed by atoms with E-state index in [0.717, 1.165) is 0 Å². The number of nitriles is 4. The van der Waals surface area contributed by atoms with Crippen molar-refractivity contribution in [1.82, 2.24) is 29.9 Å². The van der Waals surface area contributed by atoms with E-state index in [-0.39, 0.29) is 16.7 Å². The van der Waals surface area contributed by atoms with Crippen LogP contribution in [-0.4, -0.2) is 29.9 Å². The van der Waals surface area contributed by atoms with Gasteiger partial charge < -0.3 is 4.85 Å². The molecule has 3 heterocycles. The molecule has 1 saturated carbocycles. The maximum Gasteiger partial charge on any atom is 0.371 e. The van der Waals surface area contributed by atoms with Gasteiger partial charge in [0.05, 0.1) is 41.1 Å². The second-order valence-electron chi connectivity index (χ2n) is 6.31. The number of aromatic nitrogens is 6. The van der Waals surface area contributed by atoms with E-state index in [1.54, 1.807) is 24.3 Å². The molecule has 0 atom stereocenters. The summed E-state index contributed by atoms with van der Waals surface area (Å²) in [4.78, 5) is 28.2. The average Bonchev–Trinajstić information content (AvgIpc) is 3.67. The lowest BCUT2D eigenvalue weighted by molar-refractivity contribution is 1.10. The molecule has 0 aliphatic heterocycles. The quantitative estimate of drug-likeness (QED) is 0.409. The van der Waals surface area contributed by atoms with Crippen molar-refractivity contribution in [2.24, 2.45) is 0 Å². The van der Waals surface area contributed by atoms with Gasteiger partial charge in [0.25, 0.3) is 0 Å². The monoisotopic (exact) mass is 468 g/mol. The molecule has 162 valence electrons. The third-order valence-electron chi connectivity index (χ3n) is 4.43. The highest BCUT2D eigenvalue weighted by molar-refractivity contribution is 6.10. The number of rotatable bonds is 3. The molecule has 12 nitrogen and oxygen atoms in total. The Bertz CT molecular complexity index is 1800. The zero-order valence-corrected chi connectivity index (χ0v) is 17.4. The van der Waals surface area contributed by atoms with Crippen molar-refractivity contribution in [2.75, 3.05) is 0 Å². The molecule has 0 amide bonds. The van der Waals surface area contributed by atoms with E-state index in [1.165, 1.54) is 0 Å². The minimum absolute atomic E-state index is 0.243. The lowest BCUT2D eigenvalue weighted by Gasteiger charge is -1.97. The molecular weight excluding hydrogens is 456 g/mol. The van der Waals surface area contributed by atoms with E-state index >= 15 is 0 Å². The molecule has 0 spiro atoms. The summed E-state index contributed by atoms with van der Waals surface area (Å²) in [6, 6.07) is 6.72. The van der Waals surface area contributed by atoms with Crippen LogP contribution in [0.4, 0.5) is 5.95 Å². The summed E-state index contributed by atoms with van der Waals surface area (Å²) in [6.45, 7) is 14.9. The number of allylic oxidation sites excluding steroid dienone is 5. The highest BCUT2D eigenvalue weighted by Crippen LogP contribution is 2.56. The average molecular weight is 468 g/mol. The number of hydrogen-bond acceptors (Lipinski definition) is 10. The zero-order chi connectivity index (χ0) is 30.9. The minimum Gasteiger partial charge on any atom is -0.394 e. The summed E-state index contributed by atoms with van der Waals surface area (Å²) < 4.78 is 49.3. The van der Waals surface area contributed by atoms with Gasteiger partial charge in [0.15, 0.2) is 0 Å². The standard InChI is InChI=1S/C24H6N12/c1-29-23(15-11-33-19(6-28)34-12-15)22-20(16(3-25)13-7-31-18(5-27)32-8-13)21(22)17(4-26)14-9-35-24(30-2)36-10-14/h7-12H/b20-16+,21-17-,23-22-/i7D,8D,9D,10D,11D,12D. The van der Waals surface area contributed by atoms with Crippen LogP contribution < -0.4 is 0 Å². The van der Waals surface area contributed by atoms with Crippen LogP contribution in [0.3, 0.4) is 0 Å². The van der Waals surface area contributed by atoms with Crippen molar-refractivity contribution in [1.29, 1.82) is 21.0 Å². The SMILES string of the molecule is [2H]c1nc(C#N)nc([2H])c1/C(C#N)=C1/C(=C(/[N+]#[C-])c2c([2H])nc(C#N)nc2[2H])/C1=C(/C#N)c1c([2H])nc([N+]#[C-])nc1[2H]. The third-order valence-corrected chi connectivity index (χ3v) is 4.43. The van der Waals surface area contributed by atoms with Crippen molar-refractivity contribution in [3.63, 3.8) is 0 Å². The van der Waals surface area contributed by atoms with E-state index in [0.29, 0.717) is 0 Å². The molecule has 36 heavy (non-hydrogen) atoms. The molecule has 3 aromatic rings. The topological polar surface area (TPSA) is 181 Å². The summed E-state index contributed by atoms with van der Waals surface area (Å²) in [7, 11) is 0. The third kappa shape index (κ3) is 3.96. The van der Waals surface area contributed by atoms with Crippen LogP contribution in [-0.2, 0) is 0 Å². The molecule has 3 aromatic heterocycles. The van der Waals surface area contributed by atoms with E-state index < -0.39 is 88.2 Å². The number of hydrogen-bond donors (Lipinski definition) is 0. The number of nitrogens with zero attached hydrogens (tertiary/aromatic N) is 12. The fourth-order valence-electron chi connectivity index (χ4n) is 2.91. The highest BCUT2D eigenvalue weighted by Gasteiger charge is 2.41. The molecule has 0 radical (unpaired) electrons. The van der Waals surface area contributed by atoms with Crippen molar-refractivity contribution >= 4 is 22.8 Å². The zero-order valence-electron chi connectivity index (χ0n) is 23.4. The van der Waals surface area contributed by atoms with E-state index in [4.69, 9.17) is 31.9 Å². The molecule has 0 saturated heterocycles. The van der Waals surface area contributed by atoms with E-state index in [9.17, 15) is 10.5 Å². The molecule has 1 aliphatic carbocycles. The van der Waals surface area contributed by atoms with Gasteiger partial charge in [0, 0.05) is 35.8 Å². The lowest BCUT2D eigenvalue weighted by Crippen LogP contribution is -1.92. The molecule has 1 fully saturated rings. The molecule has 0 bridgehead atoms. The van der Waals surface area contributed by atoms with E-state index in [1.807, 2.05) is 0 Å². The smallest absolute Gasteiger partial charge is 0.371 e. The molecule has 12 heteroatoms. The van der Waals surface area contributed by atoms with Gasteiger partial charge in [-0.2, -0.15) is 31.0 Å². The van der Waals surface area contributed by atoms with Gasteiger partial charge >= 0.3 is 5.95 Å². The first-order valence-corrected chi connectivity index (χ1v) is 9.22. The summed E-state index contributed by atoms with van der Waals surface area (Å²) in [5, 5.41) is 38.4. The Morgan fingerprint density at radius 3 is 1.44 bits per heavy atom. The summed E-state index contributed by atoms with van der Waals surface area (Å²) in [6.07, 6.45) is -4.23. The molecule has 0 aromatic carbocycles. The van der Waals surface area contributed by atoms with Gasteiger partial charge in [-0.3, -0.25) is 0 Å². The molecule has 1 aliphatic rings. The first-order chi connectivity index (χ1) is 20.1. The summed E-state index contributed by atoms with van der Waals surface area (Å²) in [5.74, 6) is -1.60. The van der Waals surface area contributed by atoms with Crippen molar-refractivity contribution in [2.45, 2.75) is 0 Å². The van der Waals surface area contributed by atoms with Crippen LogP contribution in [0.25, 0.3) is 26.5 Å². The van der Waals surface area contributed by atoms with Gasteiger partial charge in [-0.05, 0) is 16.7 Å². The van der Waals surface area contributed by atoms with Crippen LogP contribution in [0.5, 0.6) is 0 Å². The maximum atomic E-state index is 10.1. The molecular formula is C24H6N12. The lowest BCUT2D eigenvalue weighted by atomic mass is 10.1. The van der Waals surface area contributed by atoms with Crippen LogP contribution in [0.2, 0.25) is 0 Å². The molecule has 0 N–H and O–H groups in total. The second kappa shape index (κ2) is 9.49. The largest absolute Gasteiger partial charge is 0.394 e. The first-order valence-electron chi connectivity index (χ1n) is 12.2. The van der Waals surface area contributed by atoms with Crippen LogP contribution in [0.1, 0.15) is 36.6 Å². The fraction of sp³-hybridized carbons (Fsp3) is 0. The van der Waals surface area contributed by atoms with Gasteiger partial charge in [-0.25, -0.2) is 24.8 Å². The Hall–Kier alpha value is -6.60. The Morgan fingerprint density at radius 2 is 1.08 bits per heavy atom. The van der Waals surface area contributed by atoms with Gasteiger partial charge in [-0.15, -0.1) is 6.57 Å². The Kier molecular flexibility index (Phi) is 4.24. The van der Waals surface area contributed by atoms with Gasteiger partial charge in [-0.1, -0.05) is 0 Å². The molecule has 4 rings (SSSR count). The van der Waals surface area contributed by atoms with Crippen molar-refractivity contribution in [3.05, 3.63) is 105 Å².